The lowest BCUT2D eigenvalue weighted by Crippen LogP contribution is -2.62. The Balaban J connectivity index is 1.42. The van der Waals surface area contributed by atoms with Crippen molar-refractivity contribution in [1.82, 2.24) is 10.2 Å². The van der Waals surface area contributed by atoms with Crippen LogP contribution in [0.25, 0.3) is 0 Å². The van der Waals surface area contributed by atoms with Crippen LogP contribution >= 0.6 is 34.4 Å². The van der Waals surface area contributed by atoms with Crippen molar-refractivity contribution in [2.24, 2.45) is 5.92 Å². The predicted octanol–water partition coefficient (Wildman–Crippen LogP) is 4.17. The maximum atomic E-state index is 12.6. The largest absolute Gasteiger partial charge is 0.347 e. The number of nitrogens with one attached hydrogen (secondary N) is 1. The van der Waals surface area contributed by atoms with E-state index in [9.17, 15) is 4.79 Å². The SMILES string of the molecule is CC1C(NC(=O)c2ccc(Sc3ccsc3)s2)C2CCN1CC2. The lowest BCUT2D eigenvalue weighted by molar-refractivity contribution is 0.0218. The third kappa shape index (κ3) is 3.22. The van der Waals surface area contributed by atoms with E-state index < -0.39 is 0 Å². The number of hydrogen-bond donors (Lipinski definition) is 1. The molecule has 3 aliphatic rings. The first kappa shape index (κ1) is 15.7. The van der Waals surface area contributed by atoms with E-state index in [0.717, 1.165) is 4.88 Å². The maximum Gasteiger partial charge on any atom is 0.261 e. The first-order chi connectivity index (χ1) is 11.2. The average Bonchev–Trinajstić information content (AvgIpc) is 3.23. The van der Waals surface area contributed by atoms with Crippen LogP contribution in [0.1, 0.15) is 29.4 Å². The summed E-state index contributed by atoms with van der Waals surface area (Å²) < 4.78 is 1.18. The summed E-state index contributed by atoms with van der Waals surface area (Å²) in [5.41, 5.74) is 0. The fourth-order valence-electron chi connectivity index (χ4n) is 3.69. The minimum atomic E-state index is 0.0952. The van der Waals surface area contributed by atoms with E-state index in [0.29, 0.717) is 18.0 Å². The van der Waals surface area contributed by atoms with Gasteiger partial charge in [0.15, 0.2) is 0 Å². The van der Waals surface area contributed by atoms with Crippen molar-refractivity contribution in [3.63, 3.8) is 0 Å². The molecule has 122 valence electrons. The Hall–Kier alpha value is -0.820. The van der Waals surface area contributed by atoms with Crippen LogP contribution in [0, 0.1) is 5.92 Å². The molecule has 0 spiro atoms. The van der Waals surface area contributed by atoms with Gasteiger partial charge in [0.2, 0.25) is 0 Å². The fraction of sp³-hybridized carbons (Fsp3) is 0.471. The standard InChI is InChI=1S/C17H20N2OS3/c1-11-16(12-4-7-19(11)8-5-12)18-17(20)14-2-3-15(23-14)22-13-6-9-21-10-13/h2-3,6,9-12,16H,4-5,7-8H2,1H3,(H,18,20). The summed E-state index contributed by atoms with van der Waals surface area (Å²) >= 11 is 5.03. The molecule has 0 radical (unpaired) electrons. The van der Waals surface area contributed by atoms with E-state index in [1.165, 1.54) is 35.0 Å². The monoisotopic (exact) mass is 364 g/mol. The predicted molar refractivity (Wildman–Crippen MR) is 97.8 cm³/mol. The molecule has 2 aromatic heterocycles. The Kier molecular flexibility index (Phi) is 4.50. The summed E-state index contributed by atoms with van der Waals surface area (Å²) in [6, 6.07) is 6.90. The van der Waals surface area contributed by atoms with Crippen molar-refractivity contribution < 1.29 is 4.79 Å². The molecule has 2 aromatic rings. The van der Waals surface area contributed by atoms with Gasteiger partial charge in [0.05, 0.1) is 9.09 Å². The minimum Gasteiger partial charge on any atom is -0.347 e. The molecule has 5 rings (SSSR count). The number of piperidine rings is 3. The molecule has 3 nitrogen and oxygen atoms in total. The zero-order valence-electron chi connectivity index (χ0n) is 13.0. The third-order valence-corrected chi connectivity index (χ3v) is 8.03. The molecule has 5 heterocycles. The molecule has 2 bridgehead atoms. The van der Waals surface area contributed by atoms with Gasteiger partial charge in [0.1, 0.15) is 0 Å². The number of hydrogen-bond acceptors (Lipinski definition) is 5. The quantitative estimate of drug-likeness (QED) is 0.883. The molecule has 1 N–H and O–H groups in total. The van der Waals surface area contributed by atoms with Gasteiger partial charge in [-0.2, -0.15) is 11.3 Å². The van der Waals surface area contributed by atoms with Gasteiger partial charge in [-0.3, -0.25) is 9.69 Å². The van der Waals surface area contributed by atoms with Crippen molar-refractivity contribution in [2.75, 3.05) is 13.1 Å². The highest BCUT2D eigenvalue weighted by Crippen LogP contribution is 2.35. The molecule has 2 atom stereocenters. The Morgan fingerprint density at radius 2 is 2.13 bits per heavy atom. The van der Waals surface area contributed by atoms with Crippen LogP contribution < -0.4 is 5.32 Å². The lowest BCUT2D eigenvalue weighted by atomic mass is 9.79. The first-order valence-corrected chi connectivity index (χ1v) is 10.6. The van der Waals surface area contributed by atoms with Crippen LogP contribution in [-0.2, 0) is 0 Å². The molecule has 6 heteroatoms. The Labute approximate surface area is 149 Å². The Bertz CT molecular complexity index is 672. The van der Waals surface area contributed by atoms with Gasteiger partial charge < -0.3 is 5.32 Å². The molecular weight excluding hydrogens is 344 g/mol. The second-order valence-corrected chi connectivity index (χ2v) is 9.53. The Morgan fingerprint density at radius 1 is 1.30 bits per heavy atom. The molecule has 3 fully saturated rings. The van der Waals surface area contributed by atoms with Crippen LogP contribution in [0.3, 0.4) is 0 Å². The fourth-order valence-corrected chi connectivity index (χ4v) is 6.52. The zero-order chi connectivity index (χ0) is 15.8. The third-order valence-electron chi connectivity index (χ3n) is 4.99. The van der Waals surface area contributed by atoms with E-state index in [1.807, 2.05) is 6.07 Å². The molecule has 0 saturated carbocycles. The second kappa shape index (κ2) is 6.59. The second-order valence-electron chi connectivity index (χ2n) is 6.29. The summed E-state index contributed by atoms with van der Waals surface area (Å²) in [7, 11) is 0. The number of thiophene rings is 2. The summed E-state index contributed by atoms with van der Waals surface area (Å²) in [5, 5.41) is 7.53. The molecule has 0 aromatic carbocycles. The van der Waals surface area contributed by atoms with E-state index in [4.69, 9.17) is 0 Å². The highest BCUT2D eigenvalue weighted by molar-refractivity contribution is 8.01. The zero-order valence-corrected chi connectivity index (χ0v) is 15.5. The minimum absolute atomic E-state index is 0.0952. The number of nitrogens with zero attached hydrogens (tertiary/aromatic N) is 1. The van der Waals surface area contributed by atoms with E-state index in [1.54, 1.807) is 34.4 Å². The van der Waals surface area contributed by atoms with Gasteiger partial charge in [-0.15, -0.1) is 11.3 Å². The summed E-state index contributed by atoms with van der Waals surface area (Å²) in [6.45, 7) is 4.64. The number of carbonyl (C=O) groups is 1. The summed E-state index contributed by atoms with van der Waals surface area (Å²) in [4.78, 5) is 17.2. The van der Waals surface area contributed by atoms with Gasteiger partial charge in [0.25, 0.3) is 5.91 Å². The van der Waals surface area contributed by atoms with Crippen molar-refractivity contribution in [2.45, 2.75) is 41.0 Å². The normalized spacial score (nSPS) is 29.6. The van der Waals surface area contributed by atoms with Gasteiger partial charge in [-0.25, -0.2) is 0 Å². The van der Waals surface area contributed by atoms with Crippen molar-refractivity contribution >= 4 is 40.3 Å². The van der Waals surface area contributed by atoms with Crippen LogP contribution in [0.15, 0.2) is 38.1 Å². The smallest absolute Gasteiger partial charge is 0.261 e. The lowest BCUT2D eigenvalue weighted by Gasteiger charge is -2.49. The highest BCUT2D eigenvalue weighted by atomic mass is 32.2. The molecule has 3 saturated heterocycles. The summed E-state index contributed by atoms with van der Waals surface area (Å²) in [5.74, 6) is 0.747. The van der Waals surface area contributed by atoms with E-state index >= 15 is 0 Å². The number of fused-ring (bicyclic) bond motifs is 3. The molecule has 2 unspecified atom stereocenters. The maximum absolute atomic E-state index is 12.6. The van der Waals surface area contributed by atoms with E-state index in [-0.39, 0.29) is 5.91 Å². The van der Waals surface area contributed by atoms with Gasteiger partial charge in [-0.1, -0.05) is 11.8 Å². The molecule has 23 heavy (non-hydrogen) atoms. The first-order valence-electron chi connectivity index (χ1n) is 8.05. The van der Waals surface area contributed by atoms with Crippen molar-refractivity contribution in [3.8, 4) is 0 Å². The molecule has 3 aliphatic heterocycles. The van der Waals surface area contributed by atoms with Crippen molar-refractivity contribution in [1.29, 1.82) is 0 Å². The number of carbonyl (C=O) groups excluding carboxylic acids is 1. The molecule has 1 amide bonds. The molecule has 0 aliphatic carbocycles. The number of rotatable bonds is 4. The van der Waals surface area contributed by atoms with Crippen LogP contribution in [0.4, 0.5) is 0 Å². The van der Waals surface area contributed by atoms with Gasteiger partial charge >= 0.3 is 0 Å². The van der Waals surface area contributed by atoms with Crippen LogP contribution in [0.2, 0.25) is 0 Å². The van der Waals surface area contributed by atoms with Gasteiger partial charge in [-0.05, 0) is 62.4 Å². The molecular formula is C17H20N2OS3. The summed E-state index contributed by atoms with van der Waals surface area (Å²) in [6.07, 6.45) is 2.44. The van der Waals surface area contributed by atoms with Crippen LogP contribution in [0.5, 0.6) is 0 Å². The van der Waals surface area contributed by atoms with Crippen molar-refractivity contribution in [3.05, 3.63) is 33.8 Å². The van der Waals surface area contributed by atoms with E-state index in [2.05, 4.69) is 40.0 Å². The number of amides is 1. The topological polar surface area (TPSA) is 32.3 Å². The highest BCUT2D eigenvalue weighted by Gasteiger charge is 2.40. The van der Waals surface area contributed by atoms with Gasteiger partial charge in [0, 0.05) is 22.4 Å². The van der Waals surface area contributed by atoms with Crippen LogP contribution in [-0.4, -0.2) is 36.0 Å². The Morgan fingerprint density at radius 3 is 2.83 bits per heavy atom. The average molecular weight is 365 g/mol.